The molecule has 0 amide bonds. The van der Waals surface area contributed by atoms with E-state index >= 15 is 0 Å². The minimum Gasteiger partial charge on any atom is -0.377 e. The lowest BCUT2D eigenvalue weighted by molar-refractivity contribution is 0.0927. The van der Waals surface area contributed by atoms with Crippen LogP contribution in [0.4, 0.5) is 5.82 Å². The molecule has 106 valence electrons. The van der Waals surface area contributed by atoms with Crippen LogP contribution in [0.3, 0.4) is 0 Å². The Labute approximate surface area is 119 Å². The Bertz CT molecular complexity index is 599. The molecule has 0 saturated carbocycles. The number of pyridine rings is 1. The lowest BCUT2D eigenvalue weighted by Crippen LogP contribution is -2.45. The first-order chi connectivity index (χ1) is 9.85. The fourth-order valence-corrected chi connectivity index (χ4v) is 2.90. The number of nitrogens with zero attached hydrogens (tertiary/aromatic N) is 2. The van der Waals surface area contributed by atoms with Crippen LogP contribution in [0.25, 0.3) is 10.8 Å². The van der Waals surface area contributed by atoms with Gasteiger partial charge in [-0.25, -0.2) is 4.98 Å². The summed E-state index contributed by atoms with van der Waals surface area (Å²) in [6.45, 7) is 5.17. The quantitative estimate of drug-likeness (QED) is 0.930. The van der Waals surface area contributed by atoms with Crippen molar-refractivity contribution in [3.05, 3.63) is 36.0 Å². The largest absolute Gasteiger partial charge is 0.377 e. The minimum absolute atomic E-state index is 0.406. The third-order valence-corrected chi connectivity index (χ3v) is 4.05. The second-order valence-corrected chi connectivity index (χ2v) is 5.19. The second kappa shape index (κ2) is 5.77. The number of ether oxygens (including phenoxy) is 1. The summed E-state index contributed by atoms with van der Waals surface area (Å²) in [5, 5.41) is 2.40. The van der Waals surface area contributed by atoms with Gasteiger partial charge in [-0.2, -0.15) is 0 Å². The molecule has 1 saturated heterocycles. The van der Waals surface area contributed by atoms with E-state index in [9.17, 15) is 0 Å². The van der Waals surface area contributed by atoms with Crippen LogP contribution in [-0.4, -0.2) is 30.8 Å². The van der Waals surface area contributed by atoms with Crippen LogP contribution in [0.15, 0.2) is 30.5 Å². The summed E-state index contributed by atoms with van der Waals surface area (Å²) >= 11 is 0. The molecule has 4 nitrogen and oxygen atoms in total. The zero-order chi connectivity index (χ0) is 13.9. The van der Waals surface area contributed by atoms with E-state index in [1.165, 1.54) is 10.8 Å². The standard InChI is InChI=1S/C16H21N3O/c1-2-13-11-20-8-7-19(13)16-15-6-4-3-5-14(15)12(9-17)10-18-16/h3-6,10,13H,2,7-9,11,17H2,1H3. The molecule has 1 aromatic heterocycles. The highest BCUT2D eigenvalue weighted by atomic mass is 16.5. The van der Waals surface area contributed by atoms with Gasteiger partial charge in [0.25, 0.3) is 0 Å². The van der Waals surface area contributed by atoms with E-state index in [2.05, 4.69) is 41.1 Å². The number of rotatable bonds is 3. The van der Waals surface area contributed by atoms with Crippen molar-refractivity contribution < 1.29 is 4.74 Å². The molecular formula is C16H21N3O. The number of hydrogen-bond acceptors (Lipinski definition) is 4. The summed E-state index contributed by atoms with van der Waals surface area (Å²) < 4.78 is 5.59. The summed E-state index contributed by atoms with van der Waals surface area (Å²) in [6, 6.07) is 8.80. The summed E-state index contributed by atoms with van der Waals surface area (Å²) in [5.74, 6) is 1.06. The number of hydrogen-bond donors (Lipinski definition) is 1. The molecule has 0 aliphatic carbocycles. The predicted octanol–water partition coefficient (Wildman–Crippen LogP) is 2.31. The summed E-state index contributed by atoms with van der Waals surface area (Å²) in [7, 11) is 0. The summed E-state index contributed by atoms with van der Waals surface area (Å²) in [6.07, 6.45) is 2.98. The van der Waals surface area contributed by atoms with Crippen molar-refractivity contribution in [3.8, 4) is 0 Å². The number of benzene rings is 1. The molecule has 4 heteroatoms. The van der Waals surface area contributed by atoms with E-state index in [0.717, 1.165) is 37.6 Å². The highest BCUT2D eigenvalue weighted by Gasteiger charge is 2.24. The van der Waals surface area contributed by atoms with Crippen LogP contribution in [0, 0.1) is 0 Å². The van der Waals surface area contributed by atoms with Crippen LogP contribution in [0.1, 0.15) is 18.9 Å². The molecule has 0 bridgehead atoms. The molecular weight excluding hydrogens is 250 g/mol. The zero-order valence-electron chi connectivity index (χ0n) is 11.9. The highest BCUT2D eigenvalue weighted by Crippen LogP contribution is 2.29. The van der Waals surface area contributed by atoms with Crippen LogP contribution in [0.2, 0.25) is 0 Å². The second-order valence-electron chi connectivity index (χ2n) is 5.19. The van der Waals surface area contributed by atoms with Gasteiger partial charge < -0.3 is 15.4 Å². The first kappa shape index (κ1) is 13.3. The maximum absolute atomic E-state index is 5.82. The Balaban J connectivity index is 2.11. The lowest BCUT2D eigenvalue weighted by Gasteiger charge is -2.36. The van der Waals surface area contributed by atoms with Gasteiger partial charge in [-0.1, -0.05) is 31.2 Å². The molecule has 3 rings (SSSR count). The van der Waals surface area contributed by atoms with E-state index in [4.69, 9.17) is 10.5 Å². The fourth-order valence-electron chi connectivity index (χ4n) is 2.90. The average Bonchev–Trinajstić information content (AvgIpc) is 2.53. The third-order valence-electron chi connectivity index (χ3n) is 4.05. The Morgan fingerprint density at radius 2 is 2.15 bits per heavy atom. The fraction of sp³-hybridized carbons (Fsp3) is 0.438. The van der Waals surface area contributed by atoms with Gasteiger partial charge in [-0.15, -0.1) is 0 Å². The van der Waals surface area contributed by atoms with Crippen molar-refractivity contribution in [1.82, 2.24) is 4.98 Å². The SMILES string of the molecule is CCC1COCCN1c1ncc(CN)c2ccccc12. The van der Waals surface area contributed by atoms with Crippen molar-refractivity contribution in [2.75, 3.05) is 24.7 Å². The maximum atomic E-state index is 5.82. The third kappa shape index (κ3) is 2.25. The molecule has 1 aliphatic heterocycles. The normalized spacial score (nSPS) is 19.5. The molecule has 2 heterocycles. The minimum atomic E-state index is 0.406. The number of anilines is 1. The van der Waals surface area contributed by atoms with E-state index in [0.29, 0.717) is 12.6 Å². The number of fused-ring (bicyclic) bond motifs is 1. The molecule has 1 aromatic carbocycles. The molecule has 1 fully saturated rings. The van der Waals surface area contributed by atoms with Gasteiger partial charge in [0.1, 0.15) is 5.82 Å². The molecule has 0 radical (unpaired) electrons. The molecule has 0 spiro atoms. The molecule has 1 aliphatic rings. The zero-order valence-corrected chi connectivity index (χ0v) is 11.9. The smallest absolute Gasteiger partial charge is 0.136 e. The maximum Gasteiger partial charge on any atom is 0.136 e. The Morgan fingerprint density at radius 3 is 2.90 bits per heavy atom. The van der Waals surface area contributed by atoms with Gasteiger partial charge in [0.15, 0.2) is 0 Å². The molecule has 2 aromatic rings. The molecule has 1 unspecified atom stereocenters. The van der Waals surface area contributed by atoms with Gasteiger partial charge >= 0.3 is 0 Å². The lowest BCUT2D eigenvalue weighted by atomic mass is 10.1. The molecule has 2 N–H and O–H groups in total. The van der Waals surface area contributed by atoms with Gasteiger partial charge in [0.05, 0.1) is 19.3 Å². The summed E-state index contributed by atoms with van der Waals surface area (Å²) in [5.41, 5.74) is 6.93. The van der Waals surface area contributed by atoms with Crippen LogP contribution >= 0.6 is 0 Å². The van der Waals surface area contributed by atoms with Gasteiger partial charge in [-0.05, 0) is 17.4 Å². The van der Waals surface area contributed by atoms with E-state index < -0.39 is 0 Å². The van der Waals surface area contributed by atoms with Crippen LogP contribution in [-0.2, 0) is 11.3 Å². The van der Waals surface area contributed by atoms with Crippen molar-refractivity contribution in [1.29, 1.82) is 0 Å². The topological polar surface area (TPSA) is 51.4 Å². The number of nitrogens with two attached hydrogens (primary N) is 1. The van der Waals surface area contributed by atoms with Crippen molar-refractivity contribution in [2.24, 2.45) is 5.73 Å². The Morgan fingerprint density at radius 1 is 1.35 bits per heavy atom. The van der Waals surface area contributed by atoms with Crippen LogP contribution < -0.4 is 10.6 Å². The van der Waals surface area contributed by atoms with Gasteiger partial charge in [-0.3, -0.25) is 0 Å². The molecule has 1 atom stereocenters. The van der Waals surface area contributed by atoms with Crippen LogP contribution in [0.5, 0.6) is 0 Å². The average molecular weight is 271 g/mol. The number of aromatic nitrogens is 1. The monoisotopic (exact) mass is 271 g/mol. The molecule has 20 heavy (non-hydrogen) atoms. The first-order valence-electron chi connectivity index (χ1n) is 7.26. The first-order valence-corrected chi connectivity index (χ1v) is 7.26. The summed E-state index contributed by atoms with van der Waals surface area (Å²) in [4.78, 5) is 7.07. The van der Waals surface area contributed by atoms with Crippen molar-refractivity contribution >= 4 is 16.6 Å². The Hall–Kier alpha value is -1.65. The highest BCUT2D eigenvalue weighted by molar-refractivity contribution is 5.94. The van der Waals surface area contributed by atoms with E-state index in [1.54, 1.807) is 0 Å². The van der Waals surface area contributed by atoms with E-state index in [1.807, 2.05) is 6.20 Å². The predicted molar refractivity (Wildman–Crippen MR) is 81.9 cm³/mol. The van der Waals surface area contributed by atoms with Crippen molar-refractivity contribution in [2.45, 2.75) is 25.9 Å². The number of morpholine rings is 1. The van der Waals surface area contributed by atoms with Gasteiger partial charge in [0, 0.05) is 24.7 Å². The van der Waals surface area contributed by atoms with E-state index in [-0.39, 0.29) is 0 Å². The Kier molecular flexibility index (Phi) is 3.85. The van der Waals surface area contributed by atoms with Crippen molar-refractivity contribution in [3.63, 3.8) is 0 Å². The van der Waals surface area contributed by atoms with Gasteiger partial charge in [0.2, 0.25) is 0 Å².